The third-order valence-corrected chi connectivity index (χ3v) is 3.45. The number of benzene rings is 1. The molecule has 0 saturated heterocycles. The molecule has 0 saturated carbocycles. The molecule has 106 valence electrons. The summed E-state index contributed by atoms with van der Waals surface area (Å²) >= 11 is 1.48. The van der Waals surface area contributed by atoms with Crippen LogP contribution in [0.5, 0.6) is 5.88 Å². The largest absolute Gasteiger partial charge is 0.387 e. The van der Waals surface area contributed by atoms with Gasteiger partial charge in [-0.25, -0.2) is 0 Å². The number of hydroxylamine groups is 1. The van der Waals surface area contributed by atoms with E-state index in [2.05, 4.69) is 20.8 Å². The summed E-state index contributed by atoms with van der Waals surface area (Å²) in [5, 5.41) is 5.82. The first-order chi connectivity index (χ1) is 10.4. The first-order valence-corrected chi connectivity index (χ1v) is 7.34. The van der Waals surface area contributed by atoms with Gasteiger partial charge in [0.15, 0.2) is 5.13 Å². The van der Waals surface area contributed by atoms with E-state index in [1.54, 1.807) is 12.4 Å². The Balaban J connectivity index is 1.51. The third kappa shape index (κ3) is 4.01. The van der Waals surface area contributed by atoms with Crippen LogP contribution in [0.25, 0.3) is 0 Å². The molecule has 6 heteroatoms. The maximum absolute atomic E-state index is 5.43. The minimum absolute atomic E-state index is 0.549. The standard InChI is InChI=1S/C15H14N4OS/c1-2-4-12(5-3-1)10-17-20-14-11-21-15(19-14)18-13-6-8-16-9-7-13/h1-9,11,17H,10H2,(H,16,18,19). The molecule has 1 aromatic carbocycles. The maximum Gasteiger partial charge on any atom is 0.250 e. The first kappa shape index (κ1) is 13.5. The molecular weight excluding hydrogens is 284 g/mol. The predicted octanol–water partition coefficient (Wildman–Crippen LogP) is 3.37. The van der Waals surface area contributed by atoms with Crippen LogP contribution >= 0.6 is 11.3 Å². The number of nitrogens with zero attached hydrogens (tertiary/aromatic N) is 2. The molecule has 0 aliphatic heterocycles. The van der Waals surface area contributed by atoms with Crippen molar-refractivity contribution in [1.29, 1.82) is 0 Å². The zero-order chi connectivity index (χ0) is 14.3. The van der Waals surface area contributed by atoms with Gasteiger partial charge in [0.2, 0.25) is 0 Å². The van der Waals surface area contributed by atoms with Crippen LogP contribution < -0.4 is 15.6 Å². The summed E-state index contributed by atoms with van der Waals surface area (Å²) in [4.78, 5) is 13.7. The Kier molecular flexibility index (Phi) is 4.40. The highest BCUT2D eigenvalue weighted by atomic mass is 32.1. The molecule has 21 heavy (non-hydrogen) atoms. The number of rotatable bonds is 6. The van der Waals surface area contributed by atoms with Gasteiger partial charge in [0, 0.05) is 18.1 Å². The zero-order valence-corrected chi connectivity index (χ0v) is 12.0. The van der Waals surface area contributed by atoms with Crippen molar-refractivity contribution in [1.82, 2.24) is 15.4 Å². The summed E-state index contributed by atoms with van der Waals surface area (Å²) in [5.41, 5.74) is 5.00. The van der Waals surface area contributed by atoms with Crippen LogP contribution in [0, 0.1) is 0 Å². The van der Waals surface area contributed by atoms with Crippen LogP contribution in [0.15, 0.2) is 60.2 Å². The number of aromatic nitrogens is 2. The van der Waals surface area contributed by atoms with E-state index >= 15 is 0 Å². The van der Waals surface area contributed by atoms with E-state index in [1.807, 2.05) is 47.8 Å². The number of nitrogens with one attached hydrogen (secondary N) is 2. The van der Waals surface area contributed by atoms with Crippen molar-refractivity contribution in [2.75, 3.05) is 5.32 Å². The Morgan fingerprint density at radius 2 is 1.86 bits per heavy atom. The summed E-state index contributed by atoms with van der Waals surface area (Å²) in [6.45, 7) is 0.630. The lowest BCUT2D eigenvalue weighted by Crippen LogP contribution is -2.17. The molecule has 0 bridgehead atoms. The molecule has 0 radical (unpaired) electrons. The first-order valence-electron chi connectivity index (χ1n) is 6.46. The lowest BCUT2D eigenvalue weighted by Gasteiger charge is -2.04. The molecular formula is C15H14N4OS. The van der Waals surface area contributed by atoms with Crippen LogP contribution in [-0.4, -0.2) is 9.97 Å². The van der Waals surface area contributed by atoms with E-state index in [9.17, 15) is 0 Å². The van der Waals surface area contributed by atoms with Gasteiger partial charge in [-0.15, -0.1) is 11.3 Å². The highest BCUT2D eigenvalue weighted by Crippen LogP contribution is 2.23. The van der Waals surface area contributed by atoms with E-state index in [1.165, 1.54) is 11.3 Å². The summed E-state index contributed by atoms with van der Waals surface area (Å²) in [7, 11) is 0. The van der Waals surface area contributed by atoms with Crippen LogP contribution in [-0.2, 0) is 6.54 Å². The minimum atomic E-state index is 0.549. The predicted molar refractivity (Wildman–Crippen MR) is 83.5 cm³/mol. The summed E-state index contributed by atoms with van der Waals surface area (Å²) < 4.78 is 0. The molecule has 5 nitrogen and oxygen atoms in total. The monoisotopic (exact) mass is 298 g/mol. The Morgan fingerprint density at radius 1 is 1.05 bits per heavy atom. The van der Waals surface area contributed by atoms with Gasteiger partial charge in [-0.05, 0) is 17.7 Å². The average molecular weight is 298 g/mol. The molecule has 0 amide bonds. The smallest absolute Gasteiger partial charge is 0.250 e. The van der Waals surface area contributed by atoms with Crippen molar-refractivity contribution in [3.8, 4) is 5.88 Å². The van der Waals surface area contributed by atoms with E-state index in [0.717, 1.165) is 16.4 Å². The molecule has 0 unspecified atom stereocenters. The van der Waals surface area contributed by atoms with Crippen molar-refractivity contribution in [2.24, 2.45) is 0 Å². The SMILES string of the molecule is c1ccc(CNOc2csc(Nc3ccncc3)n2)cc1. The fraction of sp³-hybridized carbons (Fsp3) is 0.0667. The highest BCUT2D eigenvalue weighted by Gasteiger charge is 2.03. The summed E-state index contributed by atoms with van der Waals surface area (Å²) in [6, 6.07) is 13.8. The van der Waals surface area contributed by atoms with Gasteiger partial charge in [-0.2, -0.15) is 10.5 Å². The molecule has 2 N–H and O–H groups in total. The Labute approximate surface area is 126 Å². The normalized spacial score (nSPS) is 10.3. The number of anilines is 2. The van der Waals surface area contributed by atoms with Crippen molar-refractivity contribution in [2.45, 2.75) is 6.54 Å². The van der Waals surface area contributed by atoms with Crippen LogP contribution in [0.2, 0.25) is 0 Å². The van der Waals surface area contributed by atoms with Crippen LogP contribution in [0.4, 0.5) is 10.8 Å². The second kappa shape index (κ2) is 6.83. The van der Waals surface area contributed by atoms with Gasteiger partial charge in [0.1, 0.15) is 0 Å². The fourth-order valence-electron chi connectivity index (χ4n) is 1.71. The molecule has 2 heterocycles. The van der Waals surface area contributed by atoms with Crippen LogP contribution in [0.1, 0.15) is 5.56 Å². The number of hydrogen-bond acceptors (Lipinski definition) is 6. The van der Waals surface area contributed by atoms with E-state index < -0.39 is 0 Å². The van der Waals surface area contributed by atoms with Gasteiger partial charge in [-0.1, -0.05) is 30.3 Å². The van der Waals surface area contributed by atoms with Crippen LogP contribution in [0.3, 0.4) is 0 Å². The fourth-order valence-corrected chi connectivity index (χ4v) is 2.34. The molecule has 3 aromatic rings. The van der Waals surface area contributed by atoms with E-state index in [-0.39, 0.29) is 0 Å². The lowest BCUT2D eigenvalue weighted by atomic mass is 10.2. The van der Waals surface area contributed by atoms with Crippen molar-refractivity contribution in [3.63, 3.8) is 0 Å². The second-order valence-electron chi connectivity index (χ2n) is 4.26. The molecule has 3 rings (SSSR count). The van der Waals surface area contributed by atoms with Gasteiger partial charge >= 0.3 is 0 Å². The Morgan fingerprint density at radius 3 is 2.67 bits per heavy atom. The lowest BCUT2D eigenvalue weighted by molar-refractivity contribution is 0.183. The maximum atomic E-state index is 5.43. The number of hydrogen-bond donors (Lipinski definition) is 2. The Hall–Kier alpha value is -2.44. The summed E-state index contributed by atoms with van der Waals surface area (Å²) in [6.07, 6.45) is 3.46. The average Bonchev–Trinajstić information content (AvgIpc) is 2.97. The van der Waals surface area contributed by atoms with Crippen molar-refractivity contribution in [3.05, 3.63) is 65.8 Å². The molecule has 0 atom stereocenters. The molecule has 0 spiro atoms. The number of pyridine rings is 1. The number of thiazole rings is 1. The van der Waals surface area contributed by atoms with Gasteiger partial charge in [-0.3, -0.25) is 4.98 Å². The van der Waals surface area contributed by atoms with Crippen molar-refractivity contribution >= 4 is 22.2 Å². The topological polar surface area (TPSA) is 59.1 Å². The van der Waals surface area contributed by atoms with Crippen molar-refractivity contribution < 1.29 is 4.84 Å². The van der Waals surface area contributed by atoms with Gasteiger partial charge < -0.3 is 10.2 Å². The molecule has 0 fully saturated rings. The minimum Gasteiger partial charge on any atom is -0.387 e. The zero-order valence-electron chi connectivity index (χ0n) is 11.2. The molecule has 0 aliphatic rings. The summed E-state index contributed by atoms with van der Waals surface area (Å²) in [5.74, 6) is 0.549. The second-order valence-corrected chi connectivity index (χ2v) is 5.12. The third-order valence-electron chi connectivity index (χ3n) is 2.71. The molecule has 0 aliphatic carbocycles. The van der Waals surface area contributed by atoms with E-state index in [4.69, 9.17) is 4.84 Å². The van der Waals surface area contributed by atoms with Gasteiger partial charge in [0.25, 0.3) is 5.88 Å². The highest BCUT2D eigenvalue weighted by molar-refractivity contribution is 7.14. The Bertz CT molecular complexity index is 672. The quantitative estimate of drug-likeness (QED) is 0.683. The van der Waals surface area contributed by atoms with Gasteiger partial charge in [0.05, 0.1) is 11.9 Å². The van der Waals surface area contributed by atoms with E-state index in [0.29, 0.717) is 12.4 Å². The molecule has 2 aromatic heterocycles.